The Hall–Kier alpha value is -2.43. The summed E-state index contributed by atoms with van der Waals surface area (Å²) < 4.78 is 40.9. The molecule has 0 N–H and O–H groups in total. The number of rotatable bonds is 3. The van der Waals surface area contributed by atoms with Gasteiger partial charge >= 0.3 is 0 Å². The number of amides is 1. The smallest absolute Gasteiger partial charge is 0.257 e. The first kappa shape index (κ1) is 21.4. The first-order valence-electron chi connectivity index (χ1n) is 10.9. The molecule has 32 heavy (non-hydrogen) atoms. The highest BCUT2D eigenvalue weighted by atomic mass is 32.2. The normalized spacial score (nSPS) is 22.4. The zero-order valence-electron chi connectivity index (χ0n) is 18.1. The molecule has 0 saturated carbocycles. The Kier molecular flexibility index (Phi) is 5.47. The third kappa shape index (κ3) is 3.91. The minimum atomic E-state index is -3.08. The molecule has 172 valence electrons. The van der Waals surface area contributed by atoms with Crippen molar-refractivity contribution in [2.75, 3.05) is 62.9 Å². The lowest BCUT2D eigenvalue weighted by Crippen LogP contribution is -2.47. The summed E-state index contributed by atoms with van der Waals surface area (Å²) in [6.07, 6.45) is 3.02. The summed E-state index contributed by atoms with van der Waals surface area (Å²) in [7, 11) is -1.47. The van der Waals surface area contributed by atoms with E-state index in [2.05, 4.69) is 9.88 Å². The number of ether oxygens (including phenoxy) is 3. The van der Waals surface area contributed by atoms with E-state index in [0.29, 0.717) is 50.5 Å². The van der Waals surface area contributed by atoms with Crippen molar-refractivity contribution < 1.29 is 27.4 Å². The molecule has 3 saturated heterocycles. The number of sulfone groups is 1. The highest BCUT2D eigenvalue weighted by Crippen LogP contribution is 2.38. The van der Waals surface area contributed by atoms with Crippen molar-refractivity contribution in [1.29, 1.82) is 0 Å². The second-order valence-electron chi connectivity index (χ2n) is 8.44. The van der Waals surface area contributed by atoms with E-state index in [0.717, 1.165) is 16.6 Å². The van der Waals surface area contributed by atoms with Gasteiger partial charge in [0, 0.05) is 50.6 Å². The van der Waals surface area contributed by atoms with E-state index in [1.165, 1.54) is 0 Å². The third-order valence-electron chi connectivity index (χ3n) is 6.56. The van der Waals surface area contributed by atoms with Gasteiger partial charge in [-0.2, -0.15) is 0 Å². The van der Waals surface area contributed by atoms with Crippen molar-refractivity contribution in [3.05, 3.63) is 30.0 Å². The average molecular weight is 462 g/mol. The number of piperidine rings is 1. The number of hydrogen-bond acceptors (Lipinski definition) is 8. The number of carbonyl (C=O) groups is 1. The van der Waals surface area contributed by atoms with Gasteiger partial charge in [-0.1, -0.05) is 0 Å². The van der Waals surface area contributed by atoms with E-state index in [1.54, 1.807) is 18.2 Å². The molecule has 0 aliphatic carbocycles. The largest absolute Gasteiger partial charge is 0.497 e. The summed E-state index contributed by atoms with van der Waals surface area (Å²) in [5, 5.41) is 0.837. The van der Waals surface area contributed by atoms with Gasteiger partial charge in [0.1, 0.15) is 5.75 Å². The molecule has 1 amide bonds. The Morgan fingerprint density at radius 1 is 1.09 bits per heavy atom. The number of pyridine rings is 1. The summed E-state index contributed by atoms with van der Waals surface area (Å²) in [4.78, 5) is 21.8. The minimum Gasteiger partial charge on any atom is -0.497 e. The maximum absolute atomic E-state index is 13.5. The fraction of sp³-hybridized carbons (Fsp3) is 0.545. The Morgan fingerprint density at radius 2 is 1.78 bits per heavy atom. The number of hydrogen-bond donors (Lipinski definition) is 0. The third-order valence-corrected chi connectivity index (χ3v) is 8.17. The van der Waals surface area contributed by atoms with Crippen molar-refractivity contribution in [3.8, 4) is 5.75 Å². The molecule has 0 radical (unpaired) electrons. The lowest BCUT2D eigenvalue weighted by Gasteiger charge is -2.40. The van der Waals surface area contributed by atoms with Crippen LogP contribution in [0.3, 0.4) is 0 Å². The number of fused-ring (bicyclic) bond motifs is 1. The van der Waals surface area contributed by atoms with E-state index >= 15 is 0 Å². The molecule has 0 unspecified atom stereocenters. The van der Waals surface area contributed by atoms with Crippen molar-refractivity contribution in [3.63, 3.8) is 0 Å². The van der Waals surface area contributed by atoms with Gasteiger partial charge in [0.25, 0.3) is 5.91 Å². The lowest BCUT2D eigenvalue weighted by molar-refractivity contribution is -0.169. The number of anilines is 1. The van der Waals surface area contributed by atoms with Crippen LogP contribution in [0.4, 0.5) is 5.69 Å². The molecule has 3 aliphatic rings. The predicted octanol–water partition coefficient (Wildman–Crippen LogP) is 1.46. The fourth-order valence-electron chi connectivity index (χ4n) is 4.72. The van der Waals surface area contributed by atoms with E-state index in [1.807, 2.05) is 18.2 Å². The van der Waals surface area contributed by atoms with Gasteiger partial charge in [0.15, 0.2) is 15.6 Å². The molecule has 1 spiro atoms. The van der Waals surface area contributed by atoms with Crippen molar-refractivity contribution in [2.24, 2.45) is 0 Å². The van der Waals surface area contributed by atoms with Crippen LogP contribution in [0.25, 0.3) is 10.9 Å². The average Bonchev–Trinajstić information content (AvgIpc) is 3.26. The lowest BCUT2D eigenvalue weighted by atomic mass is 10.00. The number of nitrogens with zero attached hydrogens (tertiary/aromatic N) is 3. The molecule has 1 aromatic carbocycles. The number of carbonyl (C=O) groups excluding carboxylic acids is 1. The van der Waals surface area contributed by atoms with E-state index in [-0.39, 0.29) is 30.5 Å². The van der Waals surface area contributed by atoms with Crippen LogP contribution in [0.1, 0.15) is 23.2 Å². The van der Waals surface area contributed by atoms with Gasteiger partial charge in [0.2, 0.25) is 0 Å². The van der Waals surface area contributed by atoms with E-state index in [9.17, 15) is 13.2 Å². The maximum atomic E-state index is 13.5. The zero-order chi connectivity index (χ0) is 22.3. The second kappa shape index (κ2) is 8.17. The molecule has 3 aliphatic heterocycles. The van der Waals surface area contributed by atoms with Crippen LogP contribution in [0, 0.1) is 0 Å². The van der Waals surface area contributed by atoms with Crippen LogP contribution in [-0.4, -0.2) is 88.0 Å². The Balaban J connectivity index is 1.53. The molecule has 9 nitrogen and oxygen atoms in total. The summed E-state index contributed by atoms with van der Waals surface area (Å²) in [6.45, 7) is 2.95. The van der Waals surface area contributed by atoms with Crippen molar-refractivity contribution in [1.82, 2.24) is 9.88 Å². The summed E-state index contributed by atoms with van der Waals surface area (Å²) in [5.41, 5.74) is 2.06. The highest BCUT2D eigenvalue weighted by Gasteiger charge is 2.41. The van der Waals surface area contributed by atoms with Gasteiger partial charge in [0.05, 0.1) is 48.6 Å². The van der Waals surface area contributed by atoms with Gasteiger partial charge in [-0.15, -0.1) is 0 Å². The van der Waals surface area contributed by atoms with Gasteiger partial charge in [-0.3, -0.25) is 9.78 Å². The molecule has 1 aromatic heterocycles. The summed E-state index contributed by atoms with van der Waals surface area (Å²) in [5.74, 6) is -0.0540. The number of benzene rings is 1. The van der Waals surface area contributed by atoms with Crippen LogP contribution < -0.4 is 9.64 Å². The molecular formula is C22H27N3O6S. The van der Waals surface area contributed by atoms with E-state index in [4.69, 9.17) is 14.2 Å². The van der Waals surface area contributed by atoms with Crippen LogP contribution in [-0.2, 0) is 19.3 Å². The van der Waals surface area contributed by atoms with Crippen molar-refractivity contribution >= 4 is 32.3 Å². The summed E-state index contributed by atoms with van der Waals surface area (Å²) in [6, 6.07) is 5.64. The molecule has 4 heterocycles. The molecular weight excluding hydrogens is 434 g/mol. The molecule has 0 atom stereocenters. The molecule has 0 bridgehead atoms. The van der Waals surface area contributed by atoms with Crippen molar-refractivity contribution in [2.45, 2.75) is 18.6 Å². The topological polar surface area (TPSA) is 98.3 Å². The van der Waals surface area contributed by atoms with Gasteiger partial charge in [-0.25, -0.2) is 8.42 Å². The van der Waals surface area contributed by atoms with Crippen LogP contribution in [0.15, 0.2) is 24.4 Å². The van der Waals surface area contributed by atoms with Crippen LogP contribution >= 0.6 is 0 Å². The zero-order valence-corrected chi connectivity index (χ0v) is 18.9. The first-order chi connectivity index (χ1) is 15.4. The van der Waals surface area contributed by atoms with Gasteiger partial charge in [-0.05, 0) is 18.2 Å². The quantitative estimate of drug-likeness (QED) is 0.678. The Bertz CT molecular complexity index is 1120. The summed E-state index contributed by atoms with van der Waals surface area (Å²) >= 11 is 0. The SMILES string of the molecule is COc1ccc2ncc(C(=O)N3CCS(=O)(=O)CC3)c(N3CCC4(CC3)OCCO4)c2c1. The Labute approximate surface area is 187 Å². The molecule has 10 heteroatoms. The van der Waals surface area contributed by atoms with Gasteiger partial charge < -0.3 is 24.0 Å². The molecule has 3 fully saturated rings. The predicted molar refractivity (Wildman–Crippen MR) is 119 cm³/mol. The fourth-order valence-corrected chi connectivity index (χ4v) is 5.93. The molecule has 5 rings (SSSR count). The monoisotopic (exact) mass is 461 g/mol. The number of aromatic nitrogens is 1. The highest BCUT2D eigenvalue weighted by molar-refractivity contribution is 7.91. The van der Waals surface area contributed by atoms with Crippen LogP contribution in [0.5, 0.6) is 5.75 Å². The standard InChI is InChI=1S/C22H27N3O6S/c1-29-16-2-3-19-17(14-16)20(24-6-4-22(5-7-24)30-10-11-31-22)18(15-23-19)21(26)25-8-12-32(27,28)13-9-25/h2-3,14-15H,4-13H2,1H3. The van der Waals surface area contributed by atoms with E-state index < -0.39 is 15.6 Å². The molecule has 2 aromatic rings. The van der Waals surface area contributed by atoms with Crippen LogP contribution in [0.2, 0.25) is 0 Å². The minimum absolute atomic E-state index is 0.0101. The first-order valence-corrected chi connectivity index (χ1v) is 12.7. The Morgan fingerprint density at radius 3 is 2.44 bits per heavy atom. The second-order valence-corrected chi connectivity index (χ2v) is 10.7. The maximum Gasteiger partial charge on any atom is 0.257 e. The number of methoxy groups -OCH3 is 1.